The summed E-state index contributed by atoms with van der Waals surface area (Å²) in [6.07, 6.45) is -0.346. The number of aryl methyl sites for hydroxylation is 2. The van der Waals surface area contributed by atoms with E-state index in [0.717, 1.165) is 42.4 Å². The average molecular weight is 404 g/mol. The fourth-order valence-corrected chi connectivity index (χ4v) is 2.93. The number of methoxy groups -OCH3 is 1. The van der Waals surface area contributed by atoms with Gasteiger partial charge in [0.05, 0.1) is 18.4 Å². The summed E-state index contributed by atoms with van der Waals surface area (Å²) in [7, 11) is 1.62. The van der Waals surface area contributed by atoms with Crippen molar-refractivity contribution in [2.45, 2.75) is 25.6 Å². The molecule has 0 spiro atoms. The van der Waals surface area contributed by atoms with E-state index in [0.29, 0.717) is 5.88 Å². The molecule has 9 heteroatoms. The number of fused-ring (bicyclic) bond motifs is 1. The van der Waals surface area contributed by atoms with Crippen molar-refractivity contribution in [2.24, 2.45) is 5.73 Å². The first-order chi connectivity index (χ1) is 13.8. The molecular weight excluding hydrogens is 385 g/mol. The van der Waals surface area contributed by atoms with Gasteiger partial charge in [0.15, 0.2) is 0 Å². The smallest absolute Gasteiger partial charge is 0.416 e. The molecule has 1 aliphatic rings. The molecule has 0 radical (unpaired) electrons. The minimum atomic E-state index is -4.44. The maximum atomic E-state index is 12.1. The lowest BCUT2D eigenvalue weighted by molar-refractivity contribution is -0.137. The van der Waals surface area contributed by atoms with Crippen LogP contribution in [0.2, 0.25) is 0 Å². The quantitative estimate of drug-likeness (QED) is 0.722. The molecule has 29 heavy (non-hydrogen) atoms. The van der Waals surface area contributed by atoms with Gasteiger partial charge in [-0.2, -0.15) is 18.3 Å². The van der Waals surface area contributed by atoms with Crippen LogP contribution in [0.1, 0.15) is 28.0 Å². The topological polar surface area (TPSA) is 83.0 Å². The fraction of sp³-hybridized carbons (Fsp3) is 0.250. The molecular formula is C20H19F3N4O2. The zero-order chi connectivity index (χ0) is 21.0. The third-order valence-electron chi connectivity index (χ3n) is 4.38. The first-order valence-electron chi connectivity index (χ1n) is 8.82. The number of primary amides is 1. The van der Waals surface area contributed by atoms with Gasteiger partial charge in [0.2, 0.25) is 11.8 Å². The molecule has 6 nitrogen and oxygen atoms in total. The van der Waals surface area contributed by atoms with E-state index in [4.69, 9.17) is 10.5 Å². The normalized spacial score (nSPS) is 12.7. The Labute approximate surface area is 165 Å². The maximum Gasteiger partial charge on any atom is 0.416 e. The molecule has 0 saturated carbocycles. The van der Waals surface area contributed by atoms with Gasteiger partial charge >= 0.3 is 6.18 Å². The molecule has 4 rings (SSSR count). The second kappa shape index (κ2) is 8.34. The predicted octanol–water partition coefficient (Wildman–Crippen LogP) is 3.70. The molecule has 1 amide bonds. The lowest BCUT2D eigenvalue weighted by atomic mass is 10.1. The van der Waals surface area contributed by atoms with Gasteiger partial charge in [0.1, 0.15) is 0 Å². The monoisotopic (exact) mass is 404 g/mol. The minimum Gasteiger partial charge on any atom is -0.481 e. The Bertz CT molecular complexity index is 993. The molecule has 2 N–H and O–H groups in total. The second-order valence-electron chi connectivity index (χ2n) is 6.38. The largest absolute Gasteiger partial charge is 0.481 e. The van der Waals surface area contributed by atoms with E-state index in [1.54, 1.807) is 13.3 Å². The van der Waals surface area contributed by atoms with Crippen LogP contribution in [0.25, 0.3) is 11.3 Å². The van der Waals surface area contributed by atoms with Gasteiger partial charge in [-0.25, -0.2) is 4.98 Å². The summed E-state index contributed by atoms with van der Waals surface area (Å²) in [5.74, 6) is -0.239. The average Bonchev–Trinajstić information content (AvgIpc) is 3.30. The zero-order valence-corrected chi connectivity index (χ0v) is 15.6. The van der Waals surface area contributed by atoms with Crippen molar-refractivity contribution >= 4 is 5.91 Å². The Morgan fingerprint density at radius 2 is 2.00 bits per heavy atom. The van der Waals surface area contributed by atoms with E-state index in [1.807, 2.05) is 12.1 Å². The van der Waals surface area contributed by atoms with Crippen LogP contribution in [-0.4, -0.2) is 27.8 Å². The third-order valence-corrected chi connectivity index (χ3v) is 4.38. The lowest BCUT2D eigenvalue weighted by Gasteiger charge is -2.06. The highest BCUT2D eigenvalue weighted by molar-refractivity contribution is 5.92. The number of carbonyl (C=O) groups excluding carboxylic acids is 1. The Balaban J connectivity index is 0.000000170. The van der Waals surface area contributed by atoms with E-state index in [2.05, 4.69) is 20.8 Å². The van der Waals surface area contributed by atoms with Gasteiger partial charge in [-0.15, -0.1) is 0 Å². The summed E-state index contributed by atoms with van der Waals surface area (Å²) in [4.78, 5) is 14.6. The number of halogens is 3. The summed E-state index contributed by atoms with van der Waals surface area (Å²) in [6.45, 7) is 1.04. The summed E-state index contributed by atoms with van der Waals surface area (Å²) < 4.78 is 43.4. The predicted molar refractivity (Wildman–Crippen MR) is 100 cm³/mol. The molecule has 152 valence electrons. The van der Waals surface area contributed by atoms with Gasteiger partial charge in [-0.05, 0) is 43.2 Å². The lowest BCUT2D eigenvalue weighted by Crippen LogP contribution is -2.13. The molecule has 0 aliphatic carbocycles. The molecule has 0 unspecified atom stereocenters. The number of rotatable bonds is 3. The fourth-order valence-electron chi connectivity index (χ4n) is 2.93. The number of ether oxygens (including phenoxy) is 1. The van der Waals surface area contributed by atoms with Gasteiger partial charge in [-0.1, -0.05) is 6.07 Å². The summed E-state index contributed by atoms with van der Waals surface area (Å²) in [5, 5.41) is 4.57. The number of nitrogens with two attached hydrogens (primary N) is 1. The number of amides is 1. The Morgan fingerprint density at radius 3 is 2.66 bits per heavy atom. The van der Waals surface area contributed by atoms with Crippen LogP contribution < -0.4 is 10.5 Å². The van der Waals surface area contributed by atoms with Crippen molar-refractivity contribution in [1.29, 1.82) is 0 Å². The second-order valence-corrected chi connectivity index (χ2v) is 6.38. The van der Waals surface area contributed by atoms with Crippen LogP contribution in [0.3, 0.4) is 0 Å². The van der Waals surface area contributed by atoms with Crippen LogP contribution in [0.4, 0.5) is 13.2 Å². The SMILES string of the molecule is COc1cc(-c2cc3n(n2)CCC3)ccn1.NC(=O)c1cccc(C(F)(F)F)c1. The minimum absolute atomic E-state index is 0.144. The van der Waals surface area contributed by atoms with Crippen LogP contribution in [-0.2, 0) is 19.1 Å². The highest BCUT2D eigenvalue weighted by Crippen LogP contribution is 2.29. The number of nitrogens with zero attached hydrogens (tertiary/aromatic N) is 3. The van der Waals surface area contributed by atoms with E-state index < -0.39 is 17.6 Å². The van der Waals surface area contributed by atoms with Crippen LogP contribution in [0, 0.1) is 0 Å². The number of pyridine rings is 1. The van der Waals surface area contributed by atoms with Gasteiger partial charge < -0.3 is 10.5 Å². The number of hydrogen-bond donors (Lipinski definition) is 1. The molecule has 0 atom stereocenters. The van der Waals surface area contributed by atoms with Crippen molar-refractivity contribution in [3.8, 4) is 17.1 Å². The molecule has 0 fully saturated rings. The zero-order valence-electron chi connectivity index (χ0n) is 15.6. The highest BCUT2D eigenvalue weighted by atomic mass is 19.4. The van der Waals surface area contributed by atoms with Crippen LogP contribution in [0.5, 0.6) is 5.88 Å². The molecule has 0 saturated heterocycles. The standard InChI is InChI=1S/C12H13N3O.C8H6F3NO/c1-16-12-7-9(4-5-13-12)11-8-10-3-2-6-15(10)14-11;9-8(10,11)6-3-1-2-5(4-6)7(12)13/h4-5,7-8H,2-3,6H2,1H3;1-4H,(H2,12,13). The van der Waals surface area contributed by atoms with Gasteiger partial charge in [0, 0.05) is 35.6 Å². The summed E-state index contributed by atoms with van der Waals surface area (Å²) >= 11 is 0. The van der Waals surface area contributed by atoms with Crippen molar-refractivity contribution in [3.63, 3.8) is 0 Å². The van der Waals surface area contributed by atoms with Crippen LogP contribution >= 0.6 is 0 Å². The molecule has 3 aromatic rings. The number of carbonyl (C=O) groups is 1. The molecule has 1 aliphatic heterocycles. The van der Waals surface area contributed by atoms with E-state index in [-0.39, 0.29) is 5.56 Å². The molecule has 2 aromatic heterocycles. The Kier molecular flexibility index (Phi) is 5.86. The van der Waals surface area contributed by atoms with E-state index in [1.165, 1.54) is 18.2 Å². The molecule has 1 aromatic carbocycles. The maximum absolute atomic E-state index is 12.1. The number of aromatic nitrogens is 3. The third kappa shape index (κ3) is 4.92. The van der Waals surface area contributed by atoms with Gasteiger partial charge in [0.25, 0.3) is 0 Å². The first kappa shape index (κ1) is 20.4. The van der Waals surface area contributed by atoms with Crippen molar-refractivity contribution < 1.29 is 22.7 Å². The first-order valence-corrected chi connectivity index (χ1v) is 8.82. The molecule has 0 bridgehead atoms. The van der Waals surface area contributed by atoms with Crippen molar-refractivity contribution in [1.82, 2.24) is 14.8 Å². The number of alkyl halides is 3. The number of hydrogen-bond acceptors (Lipinski definition) is 4. The van der Waals surface area contributed by atoms with Crippen LogP contribution in [0.15, 0.2) is 48.7 Å². The van der Waals surface area contributed by atoms with E-state index in [9.17, 15) is 18.0 Å². The Hall–Kier alpha value is -3.36. The summed E-state index contributed by atoms with van der Waals surface area (Å²) in [6, 6.07) is 10.0. The van der Waals surface area contributed by atoms with Crippen molar-refractivity contribution in [3.05, 3.63) is 65.5 Å². The highest BCUT2D eigenvalue weighted by Gasteiger charge is 2.30. The van der Waals surface area contributed by atoms with Crippen molar-refractivity contribution in [2.75, 3.05) is 7.11 Å². The Morgan fingerprint density at radius 1 is 1.21 bits per heavy atom. The number of benzene rings is 1. The summed E-state index contributed by atoms with van der Waals surface area (Å²) in [5.41, 5.74) is 7.20. The van der Waals surface area contributed by atoms with Gasteiger partial charge in [-0.3, -0.25) is 9.48 Å². The van der Waals surface area contributed by atoms with E-state index >= 15 is 0 Å². The molecule has 3 heterocycles.